The van der Waals surface area contributed by atoms with Gasteiger partial charge in [0.2, 0.25) is 5.78 Å². The zero-order valence-electron chi connectivity index (χ0n) is 25.9. The average Bonchev–Trinajstić information content (AvgIpc) is 2.97. The minimum absolute atomic E-state index is 0.0158. The zero-order valence-corrected chi connectivity index (χ0v) is 25.9. The lowest BCUT2D eigenvalue weighted by molar-refractivity contribution is -0.151. The molecule has 0 aliphatic rings. The van der Waals surface area contributed by atoms with Crippen LogP contribution in [0, 0.1) is 0 Å². The second kappa shape index (κ2) is 31.8. The molecule has 0 heterocycles. The minimum Gasteiger partial charge on any atom is -0.476 e. The first-order valence-corrected chi connectivity index (χ1v) is 15.9. The van der Waals surface area contributed by atoms with Gasteiger partial charge < -0.3 is 33.5 Å². The highest BCUT2D eigenvalue weighted by atomic mass is 16.6. The van der Waals surface area contributed by atoms with Crippen molar-refractivity contribution in [3.8, 4) is 0 Å². The maximum Gasteiger partial charge on any atom is 0.372 e. The number of rotatable bonds is 33. The summed E-state index contributed by atoms with van der Waals surface area (Å²) in [5, 5.41) is 8.43. The van der Waals surface area contributed by atoms with E-state index in [4.69, 9.17) is 33.5 Å². The third-order valence-corrected chi connectivity index (χ3v) is 6.38. The number of ketones is 1. The lowest BCUT2D eigenvalue weighted by Gasteiger charge is -2.08. The second-order valence-electron chi connectivity index (χ2n) is 10.1. The zero-order chi connectivity index (χ0) is 30.9. The fourth-order valence-electron chi connectivity index (χ4n) is 3.94. The standard InChI is InChI=1S/C31H56O11/c1-2-3-4-5-6-7-8-9-10-11-12-13-14-15-29(33)41-26-24-39-22-20-37-18-19-38-21-23-40-25-27-42-30(34)17-16-28(32)31(35)36/h2-27H2,1H3,(H,35,36). The molecule has 0 aromatic carbocycles. The second-order valence-corrected chi connectivity index (χ2v) is 10.1. The number of Topliss-reactive ketones (excluding diaryl/α,β-unsaturated/α-hetero) is 1. The van der Waals surface area contributed by atoms with E-state index in [1.807, 2.05) is 0 Å². The lowest BCUT2D eigenvalue weighted by Crippen LogP contribution is -2.17. The van der Waals surface area contributed by atoms with Crippen molar-refractivity contribution < 1.29 is 52.7 Å². The van der Waals surface area contributed by atoms with Crippen LogP contribution in [-0.2, 0) is 47.6 Å². The Balaban J connectivity index is 3.23. The van der Waals surface area contributed by atoms with Crippen LogP contribution in [-0.4, -0.2) is 94.9 Å². The number of carboxylic acids is 1. The molecule has 0 aromatic rings. The smallest absolute Gasteiger partial charge is 0.372 e. The van der Waals surface area contributed by atoms with Crippen molar-refractivity contribution in [2.24, 2.45) is 0 Å². The van der Waals surface area contributed by atoms with Gasteiger partial charge in [0.1, 0.15) is 13.2 Å². The van der Waals surface area contributed by atoms with E-state index in [0.29, 0.717) is 52.7 Å². The highest BCUT2D eigenvalue weighted by Crippen LogP contribution is 2.13. The quantitative estimate of drug-likeness (QED) is 0.0610. The predicted octanol–water partition coefficient (Wildman–Crippen LogP) is 5.05. The van der Waals surface area contributed by atoms with Crippen LogP contribution in [0.5, 0.6) is 0 Å². The van der Waals surface area contributed by atoms with Gasteiger partial charge in [-0.05, 0) is 6.42 Å². The fourth-order valence-corrected chi connectivity index (χ4v) is 3.94. The average molecular weight is 605 g/mol. The van der Waals surface area contributed by atoms with Crippen LogP contribution in [0.25, 0.3) is 0 Å². The number of carbonyl (C=O) groups excluding carboxylic acids is 3. The summed E-state index contributed by atoms with van der Waals surface area (Å²) in [6.07, 6.45) is 16.5. The van der Waals surface area contributed by atoms with Crippen LogP contribution < -0.4 is 0 Å². The van der Waals surface area contributed by atoms with Gasteiger partial charge in [-0.15, -0.1) is 0 Å². The Morgan fingerprint density at radius 3 is 1.14 bits per heavy atom. The first-order valence-electron chi connectivity index (χ1n) is 15.9. The van der Waals surface area contributed by atoms with E-state index in [1.54, 1.807) is 0 Å². The van der Waals surface area contributed by atoms with Crippen molar-refractivity contribution in [3.05, 3.63) is 0 Å². The SMILES string of the molecule is CCCCCCCCCCCCCCCC(=O)OCCOCCOCCOCCOCCOC(=O)CCC(=O)C(=O)O. The first-order chi connectivity index (χ1) is 20.5. The van der Waals surface area contributed by atoms with Crippen molar-refractivity contribution in [1.82, 2.24) is 0 Å². The maximum atomic E-state index is 11.8. The number of carbonyl (C=O) groups is 4. The van der Waals surface area contributed by atoms with E-state index in [-0.39, 0.29) is 38.6 Å². The fraction of sp³-hybridized carbons (Fsp3) is 0.871. The molecule has 0 aromatic heterocycles. The van der Waals surface area contributed by atoms with Gasteiger partial charge in [0.25, 0.3) is 0 Å². The summed E-state index contributed by atoms with van der Waals surface area (Å²) < 4.78 is 31.4. The van der Waals surface area contributed by atoms with E-state index in [2.05, 4.69) is 6.92 Å². The largest absolute Gasteiger partial charge is 0.476 e. The summed E-state index contributed by atoms with van der Waals surface area (Å²) in [5.74, 6) is -3.39. The van der Waals surface area contributed by atoms with Gasteiger partial charge in [0.05, 0.1) is 59.3 Å². The van der Waals surface area contributed by atoms with Crippen LogP contribution >= 0.6 is 0 Å². The number of aliphatic carboxylic acids is 1. The maximum absolute atomic E-state index is 11.8. The van der Waals surface area contributed by atoms with Crippen LogP contribution in [0.4, 0.5) is 0 Å². The van der Waals surface area contributed by atoms with Crippen molar-refractivity contribution >= 4 is 23.7 Å². The summed E-state index contributed by atoms with van der Waals surface area (Å²) >= 11 is 0. The molecule has 0 saturated heterocycles. The number of ether oxygens (including phenoxy) is 6. The Bertz CT molecular complexity index is 669. The lowest BCUT2D eigenvalue weighted by atomic mass is 10.0. The molecule has 0 amide bonds. The molecule has 0 spiro atoms. The van der Waals surface area contributed by atoms with Crippen molar-refractivity contribution in [1.29, 1.82) is 0 Å². The summed E-state index contributed by atoms with van der Waals surface area (Å²) in [7, 11) is 0. The van der Waals surface area contributed by atoms with Crippen molar-refractivity contribution in [2.75, 3.05) is 66.1 Å². The van der Waals surface area contributed by atoms with E-state index < -0.39 is 17.7 Å². The molecular weight excluding hydrogens is 548 g/mol. The van der Waals surface area contributed by atoms with E-state index >= 15 is 0 Å². The molecule has 0 fully saturated rings. The third kappa shape index (κ3) is 30.9. The molecule has 0 radical (unpaired) electrons. The molecule has 246 valence electrons. The molecule has 11 nitrogen and oxygen atoms in total. The van der Waals surface area contributed by atoms with E-state index in [9.17, 15) is 19.2 Å². The van der Waals surface area contributed by atoms with Crippen LogP contribution in [0.2, 0.25) is 0 Å². The molecular formula is C31H56O11. The molecule has 0 saturated carbocycles. The molecule has 11 heteroatoms. The van der Waals surface area contributed by atoms with Gasteiger partial charge in [-0.3, -0.25) is 14.4 Å². The number of unbranched alkanes of at least 4 members (excludes halogenated alkanes) is 12. The number of hydrogen-bond donors (Lipinski definition) is 1. The summed E-state index contributed by atoms with van der Waals surface area (Å²) in [6, 6.07) is 0. The summed E-state index contributed by atoms with van der Waals surface area (Å²) in [6.45, 7) is 5.33. The Labute approximate surface area is 252 Å². The molecule has 0 atom stereocenters. The monoisotopic (exact) mass is 604 g/mol. The Hall–Kier alpha value is -2.08. The summed E-state index contributed by atoms with van der Waals surface area (Å²) in [5.41, 5.74) is 0. The van der Waals surface area contributed by atoms with E-state index in [1.165, 1.54) is 70.6 Å². The minimum atomic E-state index is -1.56. The van der Waals surface area contributed by atoms with Crippen LogP contribution in [0.15, 0.2) is 0 Å². The van der Waals surface area contributed by atoms with Crippen LogP contribution in [0.1, 0.15) is 110 Å². The molecule has 0 bridgehead atoms. The highest BCUT2D eigenvalue weighted by molar-refractivity contribution is 6.32. The molecule has 0 aliphatic heterocycles. The van der Waals surface area contributed by atoms with Gasteiger partial charge in [-0.25, -0.2) is 4.79 Å². The number of carboxylic acid groups (broad SMARTS) is 1. The van der Waals surface area contributed by atoms with E-state index in [0.717, 1.165) is 12.8 Å². The van der Waals surface area contributed by atoms with Gasteiger partial charge in [0.15, 0.2) is 0 Å². The normalized spacial score (nSPS) is 11.0. The first kappa shape index (κ1) is 39.9. The van der Waals surface area contributed by atoms with Gasteiger partial charge in [-0.2, -0.15) is 0 Å². The topological polar surface area (TPSA) is 144 Å². The summed E-state index contributed by atoms with van der Waals surface area (Å²) in [4.78, 5) is 44.4. The van der Waals surface area contributed by atoms with Gasteiger partial charge in [-0.1, -0.05) is 84.0 Å². The number of esters is 2. The predicted molar refractivity (Wildman–Crippen MR) is 157 cm³/mol. The molecule has 0 aliphatic carbocycles. The Kier molecular flexibility index (Phi) is 30.3. The molecule has 42 heavy (non-hydrogen) atoms. The van der Waals surface area contributed by atoms with Crippen molar-refractivity contribution in [3.63, 3.8) is 0 Å². The molecule has 0 rings (SSSR count). The van der Waals surface area contributed by atoms with Crippen LogP contribution in [0.3, 0.4) is 0 Å². The number of hydrogen-bond acceptors (Lipinski definition) is 10. The van der Waals surface area contributed by atoms with Crippen molar-refractivity contribution in [2.45, 2.75) is 110 Å². The Morgan fingerprint density at radius 2 is 0.762 bits per heavy atom. The highest BCUT2D eigenvalue weighted by Gasteiger charge is 2.14. The molecule has 1 N–H and O–H groups in total. The third-order valence-electron chi connectivity index (χ3n) is 6.38. The molecule has 0 unspecified atom stereocenters. The van der Waals surface area contributed by atoms with Gasteiger partial charge >= 0.3 is 17.9 Å². The Morgan fingerprint density at radius 1 is 0.429 bits per heavy atom. The van der Waals surface area contributed by atoms with Gasteiger partial charge in [0, 0.05) is 12.8 Å².